The van der Waals surface area contributed by atoms with Crippen LogP contribution in [0, 0.1) is 0 Å². The number of amides is 1. The topological polar surface area (TPSA) is 32.3 Å². The number of benzene rings is 1. The van der Waals surface area contributed by atoms with Crippen LogP contribution in [0.4, 0.5) is 0 Å². The van der Waals surface area contributed by atoms with Crippen molar-refractivity contribution in [1.82, 2.24) is 10.2 Å². The van der Waals surface area contributed by atoms with E-state index in [0.29, 0.717) is 6.04 Å². The van der Waals surface area contributed by atoms with E-state index in [9.17, 15) is 4.79 Å². The van der Waals surface area contributed by atoms with Gasteiger partial charge in [-0.1, -0.05) is 12.1 Å². The van der Waals surface area contributed by atoms with Gasteiger partial charge in [-0.05, 0) is 56.3 Å². The largest absolute Gasteiger partial charge is 0.331 e. The molecule has 0 radical (unpaired) electrons. The van der Waals surface area contributed by atoms with Crippen LogP contribution < -0.4 is 5.32 Å². The standard InChI is InChI=1S/C16H20N2O/c1-16(7-2-8-17-16)12-4-3-11-10-18(13-5-6-13)15(19)14(11)9-12/h3-4,9,13,17H,2,5-8,10H2,1H3. The average molecular weight is 256 g/mol. The normalized spacial score (nSPS) is 29.9. The molecule has 1 aliphatic carbocycles. The van der Waals surface area contributed by atoms with Gasteiger partial charge in [-0.25, -0.2) is 0 Å². The monoisotopic (exact) mass is 256 g/mol. The molecule has 1 N–H and O–H groups in total. The van der Waals surface area contributed by atoms with Crippen LogP contribution >= 0.6 is 0 Å². The minimum atomic E-state index is 0.0578. The second-order valence-corrected chi connectivity index (χ2v) is 6.40. The Morgan fingerprint density at radius 3 is 2.89 bits per heavy atom. The maximum atomic E-state index is 12.5. The van der Waals surface area contributed by atoms with Crippen molar-refractivity contribution in [1.29, 1.82) is 0 Å². The Balaban J connectivity index is 1.70. The highest BCUT2D eigenvalue weighted by atomic mass is 16.2. The highest BCUT2D eigenvalue weighted by molar-refractivity contribution is 5.99. The minimum absolute atomic E-state index is 0.0578. The summed E-state index contributed by atoms with van der Waals surface area (Å²) in [7, 11) is 0. The van der Waals surface area contributed by atoms with E-state index in [1.807, 2.05) is 0 Å². The molecule has 0 bridgehead atoms. The van der Waals surface area contributed by atoms with E-state index in [-0.39, 0.29) is 11.4 Å². The summed E-state index contributed by atoms with van der Waals surface area (Å²) in [5.74, 6) is 0.251. The first-order valence-electron chi connectivity index (χ1n) is 7.37. The molecule has 1 amide bonds. The van der Waals surface area contributed by atoms with E-state index < -0.39 is 0 Å². The molecule has 2 heterocycles. The zero-order valence-corrected chi connectivity index (χ0v) is 11.4. The lowest BCUT2D eigenvalue weighted by Crippen LogP contribution is -2.33. The molecule has 3 aliphatic rings. The SMILES string of the molecule is CC1(c2ccc3c(c2)C(=O)N(C2CC2)C3)CCCN1. The Labute approximate surface area is 114 Å². The summed E-state index contributed by atoms with van der Waals surface area (Å²) in [6.45, 7) is 4.15. The molecule has 4 rings (SSSR count). The van der Waals surface area contributed by atoms with E-state index in [0.717, 1.165) is 25.1 Å². The smallest absolute Gasteiger partial charge is 0.254 e. The van der Waals surface area contributed by atoms with Gasteiger partial charge in [0.2, 0.25) is 0 Å². The number of carbonyl (C=O) groups excluding carboxylic acids is 1. The first-order valence-corrected chi connectivity index (χ1v) is 7.37. The van der Waals surface area contributed by atoms with Crippen molar-refractivity contribution >= 4 is 5.91 Å². The van der Waals surface area contributed by atoms with Crippen molar-refractivity contribution in [3.05, 3.63) is 34.9 Å². The van der Waals surface area contributed by atoms with Crippen LogP contribution in [0.5, 0.6) is 0 Å². The highest BCUT2D eigenvalue weighted by Crippen LogP contribution is 2.37. The summed E-state index contributed by atoms with van der Waals surface area (Å²) >= 11 is 0. The van der Waals surface area contributed by atoms with Crippen molar-refractivity contribution in [3.63, 3.8) is 0 Å². The molecule has 3 heteroatoms. The minimum Gasteiger partial charge on any atom is -0.331 e. The number of carbonyl (C=O) groups is 1. The van der Waals surface area contributed by atoms with Gasteiger partial charge >= 0.3 is 0 Å². The second-order valence-electron chi connectivity index (χ2n) is 6.40. The molecule has 1 atom stereocenters. The van der Waals surface area contributed by atoms with Crippen molar-refractivity contribution in [2.24, 2.45) is 0 Å². The number of nitrogens with zero attached hydrogens (tertiary/aromatic N) is 1. The third-order valence-corrected chi connectivity index (χ3v) is 4.94. The van der Waals surface area contributed by atoms with Gasteiger partial charge in [0.1, 0.15) is 0 Å². The van der Waals surface area contributed by atoms with Gasteiger partial charge in [-0.3, -0.25) is 4.79 Å². The van der Waals surface area contributed by atoms with Crippen LogP contribution in [0.25, 0.3) is 0 Å². The molecule has 19 heavy (non-hydrogen) atoms. The predicted octanol–water partition coefficient (Wildman–Crippen LogP) is 2.40. The molecular weight excluding hydrogens is 236 g/mol. The first kappa shape index (κ1) is 11.5. The van der Waals surface area contributed by atoms with Gasteiger partial charge in [-0.2, -0.15) is 0 Å². The molecule has 3 nitrogen and oxygen atoms in total. The molecule has 100 valence electrons. The van der Waals surface area contributed by atoms with Gasteiger partial charge in [0, 0.05) is 23.7 Å². The maximum Gasteiger partial charge on any atom is 0.254 e. The third kappa shape index (κ3) is 1.71. The van der Waals surface area contributed by atoms with Crippen LogP contribution in [0.1, 0.15) is 54.1 Å². The van der Waals surface area contributed by atoms with Gasteiger partial charge in [0.05, 0.1) is 0 Å². The second kappa shape index (κ2) is 3.83. The number of rotatable bonds is 2. The van der Waals surface area contributed by atoms with Crippen molar-refractivity contribution < 1.29 is 4.79 Å². The van der Waals surface area contributed by atoms with Crippen LogP contribution in [0.3, 0.4) is 0 Å². The first-order chi connectivity index (χ1) is 9.17. The van der Waals surface area contributed by atoms with Gasteiger partial charge in [0.25, 0.3) is 5.91 Å². The Bertz CT molecular complexity index is 542. The fourth-order valence-electron chi connectivity index (χ4n) is 3.49. The summed E-state index contributed by atoms with van der Waals surface area (Å²) in [5.41, 5.74) is 3.48. The molecule has 1 unspecified atom stereocenters. The van der Waals surface area contributed by atoms with Crippen LogP contribution in [0.2, 0.25) is 0 Å². The zero-order valence-electron chi connectivity index (χ0n) is 11.4. The van der Waals surface area contributed by atoms with Gasteiger partial charge in [0.15, 0.2) is 0 Å². The van der Waals surface area contributed by atoms with E-state index in [1.165, 1.54) is 30.4 Å². The van der Waals surface area contributed by atoms with E-state index in [2.05, 4.69) is 35.3 Å². The maximum absolute atomic E-state index is 12.5. The number of hydrogen-bond acceptors (Lipinski definition) is 2. The van der Waals surface area contributed by atoms with E-state index in [1.54, 1.807) is 0 Å². The van der Waals surface area contributed by atoms with Gasteiger partial charge < -0.3 is 10.2 Å². The Morgan fingerprint density at radius 1 is 1.37 bits per heavy atom. The molecular formula is C16H20N2O. The molecule has 0 aromatic heterocycles. The lowest BCUT2D eigenvalue weighted by Gasteiger charge is -2.25. The lowest BCUT2D eigenvalue weighted by molar-refractivity contribution is 0.0766. The van der Waals surface area contributed by atoms with Crippen LogP contribution in [-0.2, 0) is 12.1 Å². The fourth-order valence-corrected chi connectivity index (χ4v) is 3.49. The van der Waals surface area contributed by atoms with Crippen molar-refractivity contribution in [2.75, 3.05) is 6.54 Å². The molecule has 1 aromatic rings. The lowest BCUT2D eigenvalue weighted by atomic mass is 9.88. The number of nitrogens with one attached hydrogen (secondary N) is 1. The summed E-state index contributed by atoms with van der Waals surface area (Å²) in [5, 5.41) is 3.58. The zero-order chi connectivity index (χ0) is 13.0. The fraction of sp³-hybridized carbons (Fsp3) is 0.562. The Kier molecular flexibility index (Phi) is 2.31. The summed E-state index contributed by atoms with van der Waals surface area (Å²) in [6, 6.07) is 7.03. The highest BCUT2D eigenvalue weighted by Gasteiger charge is 2.39. The molecule has 2 aliphatic heterocycles. The predicted molar refractivity (Wildman–Crippen MR) is 73.9 cm³/mol. The molecule has 0 spiro atoms. The molecule has 1 saturated carbocycles. The molecule has 1 aromatic carbocycles. The molecule has 2 fully saturated rings. The number of hydrogen-bond donors (Lipinski definition) is 1. The Hall–Kier alpha value is -1.35. The average Bonchev–Trinajstić information content (AvgIpc) is 3.08. The Morgan fingerprint density at radius 2 is 2.21 bits per heavy atom. The van der Waals surface area contributed by atoms with Crippen molar-refractivity contribution in [3.8, 4) is 0 Å². The summed E-state index contributed by atoms with van der Waals surface area (Å²) < 4.78 is 0. The van der Waals surface area contributed by atoms with Gasteiger partial charge in [-0.15, -0.1) is 0 Å². The third-order valence-electron chi connectivity index (χ3n) is 4.94. The summed E-state index contributed by atoms with van der Waals surface area (Å²) in [4.78, 5) is 14.5. The quantitative estimate of drug-likeness (QED) is 0.881. The van der Waals surface area contributed by atoms with E-state index >= 15 is 0 Å². The van der Waals surface area contributed by atoms with Crippen molar-refractivity contribution in [2.45, 2.75) is 50.7 Å². The van der Waals surface area contributed by atoms with Crippen LogP contribution in [0.15, 0.2) is 18.2 Å². The van der Waals surface area contributed by atoms with E-state index in [4.69, 9.17) is 0 Å². The molecule has 1 saturated heterocycles. The van der Waals surface area contributed by atoms with Crippen LogP contribution in [-0.4, -0.2) is 23.4 Å². The number of fused-ring (bicyclic) bond motifs is 1. The summed E-state index contributed by atoms with van der Waals surface area (Å²) in [6.07, 6.45) is 4.75.